The number of nitrogens with one attached hydrogen (secondary N) is 1. The molecule has 176 valence electrons. The standard InChI is InChI=1S/C25H26N4O4S/c1-17-22(28-33-27-17)13-26-25(30)15-32-23-7-6-18(12-19(23)14-29-8-10-31-11-9-29)21-16-34-24-5-3-2-4-20(21)24/h2-7,12,16H,8-11,13-15H2,1H3,(H,26,30). The Labute approximate surface area is 201 Å². The fourth-order valence-corrected chi connectivity index (χ4v) is 4.97. The van der Waals surface area contributed by atoms with Gasteiger partial charge in [0.2, 0.25) is 0 Å². The van der Waals surface area contributed by atoms with Crippen LogP contribution in [-0.2, 0) is 22.6 Å². The maximum Gasteiger partial charge on any atom is 0.258 e. The number of nitrogens with zero attached hydrogens (tertiary/aromatic N) is 3. The van der Waals surface area contributed by atoms with Crippen molar-refractivity contribution in [3.63, 3.8) is 0 Å². The van der Waals surface area contributed by atoms with Crippen LogP contribution in [0.5, 0.6) is 5.75 Å². The van der Waals surface area contributed by atoms with Crippen molar-refractivity contribution in [1.29, 1.82) is 0 Å². The van der Waals surface area contributed by atoms with Gasteiger partial charge in [0.05, 0.1) is 19.8 Å². The number of fused-ring (bicyclic) bond motifs is 1. The molecule has 9 heteroatoms. The SMILES string of the molecule is Cc1nonc1CNC(=O)COc1ccc(-c2csc3ccccc23)cc1CN1CCOCC1. The molecule has 2 aromatic carbocycles. The number of carbonyl (C=O) groups is 1. The van der Waals surface area contributed by atoms with Crippen molar-refractivity contribution in [2.24, 2.45) is 0 Å². The zero-order valence-electron chi connectivity index (χ0n) is 19.0. The summed E-state index contributed by atoms with van der Waals surface area (Å²) in [6.45, 7) is 5.88. The molecule has 5 rings (SSSR count). The van der Waals surface area contributed by atoms with Crippen LogP contribution in [0.2, 0.25) is 0 Å². The largest absolute Gasteiger partial charge is 0.483 e. The number of morpholine rings is 1. The van der Waals surface area contributed by atoms with E-state index in [9.17, 15) is 4.79 Å². The lowest BCUT2D eigenvalue weighted by Gasteiger charge is -2.27. The summed E-state index contributed by atoms with van der Waals surface area (Å²) >= 11 is 1.75. The predicted molar refractivity (Wildman–Crippen MR) is 130 cm³/mol. The number of hydrogen-bond donors (Lipinski definition) is 1. The van der Waals surface area contributed by atoms with Crippen molar-refractivity contribution in [3.05, 3.63) is 64.8 Å². The average molecular weight is 479 g/mol. The van der Waals surface area contributed by atoms with Crippen LogP contribution in [0.15, 0.2) is 52.5 Å². The highest BCUT2D eigenvalue weighted by Crippen LogP contribution is 2.36. The Morgan fingerprint density at radius 2 is 2.03 bits per heavy atom. The smallest absolute Gasteiger partial charge is 0.258 e. The van der Waals surface area contributed by atoms with Crippen LogP contribution < -0.4 is 10.1 Å². The van der Waals surface area contributed by atoms with Gasteiger partial charge in [-0.15, -0.1) is 11.3 Å². The van der Waals surface area contributed by atoms with Crippen molar-refractivity contribution in [3.8, 4) is 16.9 Å². The molecule has 0 unspecified atom stereocenters. The first-order valence-electron chi connectivity index (χ1n) is 11.2. The Balaban J connectivity index is 1.33. The molecule has 0 spiro atoms. The van der Waals surface area contributed by atoms with Gasteiger partial charge in [-0.1, -0.05) is 34.6 Å². The lowest BCUT2D eigenvalue weighted by atomic mass is 10.0. The van der Waals surface area contributed by atoms with Gasteiger partial charge in [0, 0.05) is 40.8 Å². The van der Waals surface area contributed by atoms with Gasteiger partial charge in [-0.2, -0.15) is 0 Å². The van der Waals surface area contributed by atoms with Crippen molar-refractivity contribution < 1.29 is 18.9 Å². The molecule has 1 aliphatic rings. The van der Waals surface area contributed by atoms with E-state index in [-0.39, 0.29) is 19.1 Å². The van der Waals surface area contributed by atoms with Crippen molar-refractivity contribution in [2.45, 2.75) is 20.0 Å². The summed E-state index contributed by atoms with van der Waals surface area (Å²) in [6, 6.07) is 14.6. The summed E-state index contributed by atoms with van der Waals surface area (Å²) in [7, 11) is 0. The Hall–Kier alpha value is -3.27. The van der Waals surface area contributed by atoms with E-state index in [1.165, 1.54) is 15.6 Å². The third-order valence-electron chi connectivity index (χ3n) is 5.91. The first kappa shape index (κ1) is 22.5. The molecule has 34 heavy (non-hydrogen) atoms. The molecule has 0 saturated carbocycles. The fraction of sp³-hybridized carbons (Fsp3) is 0.320. The van der Waals surface area contributed by atoms with Crippen molar-refractivity contribution >= 4 is 27.3 Å². The fourth-order valence-electron chi connectivity index (χ4n) is 4.00. The zero-order valence-corrected chi connectivity index (χ0v) is 19.8. The Morgan fingerprint density at radius 1 is 1.18 bits per heavy atom. The normalized spacial score (nSPS) is 14.4. The number of hydrogen-bond acceptors (Lipinski definition) is 8. The minimum atomic E-state index is -0.229. The monoisotopic (exact) mass is 478 g/mol. The van der Waals surface area contributed by atoms with E-state index in [4.69, 9.17) is 9.47 Å². The Morgan fingerprint density at radius 3 is 2.85 bits per heavy atom. The summed E-state index contributed by atoms with van der Waals surface area (Å²) in [6.07, 6.45) is 0. The first-order valence-corrected chi connectivity index (χ1v) is 12.1. The van der Waals surface area contributed by atoms with Gasteiger partial charge in [0.15, 0.2) is 6.61 Å². The molecular formula is C25H26N4O4S. The summed E-state index contributed by atoms with van der Waals surface area (Å²) in [5.74, 6) is 0.483. The summed E-state index contributed by atoms with van der Waals surface area (Å²) < 4.78 is 17.4. The number of amides is 1. The molecule has 2 aromatic heterocycles. The van der Waals surface area contributed by atoms with Gasteiger partial charge >= 0.3 is 0 Å². The number of rotatable bonds is 8. The second kappa shape index (κ2) is 10.3. The van der Waals surface area contributed by atoms with Crippen LogP contribution in [0.3, 0.4) is 0 Å². The Bertz CT molecular complexity index is 1280. The molecule has 1 aliphatic heterocycles. The highest BCUT2D eigenvalue weighted by atomic mass is 32.1. The van der Waals surface area contributed by atoms with E-state index in [0.717, 1.165) is 44.0 Å². The van der Waals surface area contributed by atoms with E-state index in [2.05, 4.69) is 66.9 Å². The summed E-state index contributed by atoms with van der Waals surface area (Å²) in [5.41, 5.74) is 4.68. The molecule has 0 aliphatic carbocycles. The Kier molecular flexibility index (Phi) is 6.84. The number of thiophene rings is 1. The number of carbonyl (C=O) groups excluding carboxylic acids is 1. The third-order valence-corrected chi connectivity index (χ3v) is 6.87. The second-order valence-corrected chi connectivity index (χ2v) is 9.13. The average Bonchev–Trinajstić information content (AvgIpc) is 3.48. The maximum atomic E-state index is 12.4. The van der Waals surface area contributed by atoms with E-state index >= 15 is 0 Å². The minimum Gasteiger partial charge on any atom is -0.483 e. The van der Waals surface area contributed by atoms with E-state index in [1.807, 2.05) is 6.07 Å². The van der Waals surface area contributed by atoms with E-state index < -0.39 is 0 Å². The number of aryl methyl sites for hydroxylation is 1. The molecule has 0 atom stereocenters. The molecule has 1 saturated heterocycles. The molecule has 8 nitrogen and oxygen atoms in total. The number of ether oxygens (including phenoxy) is 2. The van der Waals surface area contributed by atoms with E-state index in [1.54, 1.807) is 18.3 Å². The number of benzene rings is 2. The van der Waals surface area contributed by atoms with Gasteiger partial charge in [0.25, 0.3) is 5.91 Å². The molecular weight excluding hydrogens is 452 g/mol. The molecule has 1 fully saturated rings. The van der Waals surface area contributed by atoms with Gasteiger partial charge < -0.3 is 14.8 Å². The molecule has 1 N–H and O–H groups in total. The lowest BCUT2D eigenvalue weighted by Crippen LogP contribution is -2.35. The zero-order chi connectivity index (χ0) is 23.3. The molecule has 0 bridgehead atoms. The van der Waals surface area contributed by atoms with Crippen molar-refractivity contribution in [1.82, 2.24) is 20.5 Å². The van der Waals surface area contributed by atoms with Gasteiger partial charge in [0.1, 0.15) is 17.1 Å². The van der Waals surface area contributed by atoms with E-state index in [0.29, 0.717) is 17.1 Å². The van der Waals surface area contributed by atoms with Crippen molar-refractivity contribution in [2.75, 3.05) is 32.9 Å². The molecule has 4 aromatic rings. The predicted octanol–water partition coefficient (Wildman–Crippen LogP) is 3.79. The van der Waals surface area contributed by atoms with Crippen LogP contribution in [-0.4, -0.2) is 54.0 Å². The van der Waals surface area contributed by atoms with Gasteiger partial charge in [-0.25, -0.2) is 4.63 Å². The van der Waals surface area contributed by atoms with Crippen LogP contribution >= 0.6 is 11.3 Å². The van der Waals surface area contributed by atoms with Crippen LogP contribution in [0.25, 0.3) is 21.2 Å². The third kappa shape index (κ3) is 5.11. The van der Waals surface area contributed by atoms with Crippen LogP contribution in [0.1, 0.15) is 17.0 Å². The molecule has 1 amide bonds. The van der Waals surface area contributed by atoms with Gasteiger partial charge in [-0.3, -0.25) is 9.69 Å². The summed E-state index contributed by atoms with van der Waals surface area (Å²) in [4.78, 5) is 14.7. The highest BCUT2D eigenvalue weighted by Gasteiger charge is 2.17. The maximum absolute atomic E-state index is 12.4. The number of aromatic nitrogens is 2. The second-order valence-electron chi connectivity index (χ2n) is 8.22. The summed E-state index contributed by atoms with van der Waals surface area (Å²) in [5, 5.41) is 13.8. The van der Waals surface area contributed by atoms with Crippen LogP contribution in [0, 0.1) is 6.92 Å². The highest BCUT2D eigenvalue weighted by molar-refractivity contribution is 7.17. The van der Waals surface area contributed by atoms with Gasteiger partial charge in [-0.05, 0) is 36.1 Å². The topological polar surface area (TPSA) is 89.7 Å². The first-order chi connectivity index (χ1) is 16.7. The lowest BCUT2D eigenvalue weighted by molar-refractivity contribution is -0.123. The quantitative estimate of drug-likeness (QED) is 0.412. The molecule has 3 heterocycles. The molecule has 0 radical (unpaired) electrons. The minimum absolute atomic E-state index is 0.0822. The van der Waals surface area contributed by atoms with Crippen LogP contribution in [0.4, 0.5) is 0 Å².